The average Bonchev–Trinajstić information content (AvgIpc) is 2.72. The highest BCUT2D eigenvalue weighted by Gasteiger charge is 2.09. The van der Waals surface area contributed by atoms with E-state index in [-0.39, 0.29) is 0 Å². The van der Waals surface area contributed by atoms with Crippen molar-refractivity contribution in [3.63, 3.8) is 0 Å². The summed E-state index contributed by atoms with van der Waals surface area (Å²) >= 11 is 2.27. The summed E-state index contributed by atoms with van der Waals surface area (Å²) < 4.78 is 3.12. The molecule has 70 valence electrons. The van der Waals surface area contributed by atoms with Gasteiger partial charge in [0, 0.05) is 6.20 Å². The molecular formula is C8H6IN5. The minimum atomic E-state index is 0.785. The van der Waals surface area contributed by atoms with Crippen molar-refractivity contribution < 1.29 is 0 Å². The topological polar surface area (TPSA) is 58.9 Å². The van der Waals surface area contributed by atoms with E-state index in [9.17, 15) is 0 Å². The van der Waals surface area contributed by atoms with Crippen molar-refractivity contribution in [1.82, 2.24) is 24.6 Å². The van der Waals surface area contributed by atoms with Crippen LogP contribution >= 0.6 is 22.6 Å². The Kier molecular flexibility index (Phi) is 1.55. The van der Waals surface area contributed by atoms with Gasteiger partial charge in [-0.1, -0.05) is 0 Å². The lowest BCUT2D eigenvalue weighted by Crippen LogP contribution is -1.92. The Morgan fingerprint density at radius 1 is 1.43 bits per heavy atom. The lowest BCUT2D eigenvalue weighted by atomic mass is 10.5. The van der Waals surface area contributed by atoms with Gasteiger partial charge in [0.05, 0.1) is 9.77 Å². The Labute approximate surface area is 92.7 Å². The first kappa shape index (κ1) is 8.16. The number of nitrogens with one attached hydrogen (secondary N) is 1. The summed E-state index contributed by atoms with van der Waals surface area (Å²) in [6, 6.07) is 0. The molecule has 14 heavy (non-hydrogen) atoms. The van der Waals surface area contributed by atoms with Gasteiger partial charge in [-0.2, -0.15) is 0 Å². The SMILES string of the molecule is Cc1nnc2cnc3[nH]cc(I)c3n12. The van der Waals surface area contributed by atoms with E-state index >= 15 is 0 Å². The second-order valence-corrected chi connectivity index (χ2v) is 4.20. The van der Waals surface area contributed by atoms with E-state index in [2.05, 4.69) is 42.8 Å². The zero-order valence-corrected chi connectivity index (χ0v) is 9.48. The molecule has 0 aliphatic rings. The number of hydrogen-bond acceptors (Lipinski definition) is 3. The van der Waals surface area contributed by atoms with Crippen LogP contribution in [-0.4, -0.2) is 24.6 Å². The number of aromatic nitrogens is 5. The van der Waals surface area contributed by atoms with Crippen molar-refractivity contribution >= 4 is 39.4 Å². The molecule has 0 saturated heterocycles. The van der Waals surface area contributed by atoms with Crippen LogP contribution in [0.1, 0.15) is 5.82 Å². The van der Waals surface area contributed by atoms with Crippen molar-refractivity contribution in [2.75, 3.05) is 0 Å². The molecule has 0 aliphatic heterocycles. The summed E-state index contributed by atoms with van der Waals surface area (Å²) in [5.41, 5.74) is 2.70. The van der Waals surface area contributed by atoms with Gasteiger partial charge in [0.15, 0.2) is 11.3 Å². The zero-order chi connectivity index (χ0) is 9.71. The quantitative estimate of drug-likeness (QED) is 0.640. The fraction of sp³-hybridized carbons (Fsp3) is 0.125. The van der Waals surface area contributed by atoms with Gasteiger partial charge in [-0.3, -0.25) is 4.40 Å². The number of H-pyrrole nitrogens is 1. The Morgan fingerprint density at radius 2 is 2.29 bits per heavy atom. The number of fused-ring (bicyclic) bond motifs is 3. The molecule has 3 aromatic rings. The van der Waals surface area contributed by atoms with E-state index in [1.807, 2.05) is 17.5 Å². The third-order valence-electron chi connectivity index (χ3n) is 2.17. The molecule has 0 aromatic carbocycles. The molecule has 6 heteroatoms. The predicted octanol–water partition coefficient (Wildman–Crippen LogP) is 1.52. The molecular weight excluding hydrogens is 293 g/mol. The molecule has 3 rings (SSSR count). The summed E-state index contributed by atoms with van der Waals surface area (Å²) in [6.07, 6.45) is 3.64. The number of aryl methyl sites for hydroxylation is 1. The Bertz CT molecular complexity index is 568. The normalized spacial score (nSPS) is 11.6. The maximum absolute atomic E-state index is 4.26. The first-order valence-electron chi connectivity index (χ1n) is 4.10. The summed E-state index contributed by atoms with van der Waals surface area (Å²) in [5, 5.41) is 8.04. The number of halogens is 1. The van der Waals surface area contributed by atoms with Crippen LogP contribution in [0.5, 0.6) is 0 Å². The van der Waals surface area contributed by atoms with Gasteiger partial charge < -0.3 is 4.98 Å². The van der Waals surface area contributed by atoms with Gasteiger partial charge in [-0.25, -0.2) is 4.98 Å². The van der Waals surface area contributed by atoms with Gasteiger partial charge >= 0.3 is 0 Å². The van der Waals surface area contributed by atoms with Crippen LogP contribution in [0, 0.1) is 10.5 Å². The molecule has 0 unspecified atom stereocenters. The van der Waals surface area contributed by atoms with Crippen LogP contribution < -0.4 is 0 Å². The number of aromatic amines is 1. The minimum absolute atomic E-state index is 0.785. The van der Waals surface area contributed by atoms with Crippen molar-refractivity contribution in [3.05, 3.63) is 21.8 Å². The van der Waals surface area contributed by atoms with E-state index in [1.54, 1.807) is 6.20 Å². The Hall–Kier alpha value is -1.18. The summed E-state index contributed by atoms with van der Waals surface area (Å²) in [4.78, 5) is 7.36. The molecule has 0 bridgehead atoms. The van der Waals surface area contributed by atoms with Crippen LogP contribution in [0.25, 0.3) is 16.8 Å². The molecule has 1 N–H and O–H groups in total. The van der Waals surface area contributed by atoms with Crippen LogP contribution in [0.15, 0.2) is 12.4 Å². The van der Waals surface area contributed by atoms with E-state index in [1.165, 1.54) is 0 Å². The van der Waals surface area contributed by atoms with Gasteiger partial charge in [0.2, 0.25) is 0 Å². The highest BCUT2D eigenvalue weighted by atomic mass is 127. The molecule has 0 fully saturated rings. The summed E-state index contributed by atoms with van der Waals surface area (Å²) in [6.45, 7) is 1.93. The number of hydrogen-bond donors (Lipinski definition) is 1. The van der Waals surface area contributed by atoms with E-state index in [4.69, 9.17) is 0 Å². The van der Waals surface area contributed by atoms with Crippen molar-refractivity contribution in [3.8, 4) is 0 Å². The molecule has 0 aliphatic carbocycles. The largest absolute Gasteiger partial charge is 0.344 e. The second kappa shape index (κ2) is 2.66. The predicted molar refractivity (Wildman–Crippen MR) is 60.1 cm³/mol. The second-order valence-electron chi connectivity index (χ2n) is 3.03. The summed E-state index contributed by atoms with van der Waals surface area (Å²) in [5.74, 6) is 0.880. The molecule has 5 nitrogen and oxygen atoms in total. The summed E-state index contributed by atoms with van der Waals surface area (Å²) in [7, 11) is 0. The van der Waals surface area contributed by atoms with Gasteiger partial charge in [-0.15, -0.1) is 10.2 Å². The molecule has 0 saturated carbocycles. The van der Waals surface area contributed by atoms with Gasteiger partial charge in [0.1, 0.15) is 11.3 Å². The molecule has 0 atom stereocenters. The fourth-order valence-electron chi connectivity index (χ4n) is 1.55. The standard InChI is InChI=1S/C8H6IN5/c1-4-12-13-6-3-11-8-7(14(4)6)5(9)2-10-8/h2-3,10H,1H3. The van der Waals surface area contributed by atoms with Crippen molar-refractivity contribution in [1.29, 1.82) is 0 Å². The maximum Gasteiger partial charge on any atom is 0.179 e. The van der Waals surface area contributed by atoms with Crippen molar-refractivity contribution in [2.45, 2.75) is 6.92 Å². The van der Waals surface area contributed by atoms with Gasteiger partial charge in [0.25, 0.3) is 0 Å². The Balaban J connectivity index is 2.70. The molecule has 0 radical (unpaired) electrons. The molecule has 3 aromatic heterocycles. The third-order valence-corrected chi connectivity index (χ3v) is 2.99. The van der Waals surface area contributed by atoms with Crippen LogP contribution in [0.4, 0.5) is 0 Å². The average molecular weight is 299 g/mol. The van der Waals surface area contributed by atoms with E-state index in [0.717, 1.165) is 26.2 Å². The van der Waals surface area contributed by atoms with Gasteiger partial charge in [-0.05, 0) is 29.5 Å². The third kappa shape index (κ3) is 0.912. The van der Waals surface area contributed by atoms with E-state index in [0.29, 0.717) is 0 Å². The highest BCUT2D eigenvalue weighted by Crippen LogP contribution is 2.19. The molecule has 0 spiro atoms. The number of nitrogens with zero attached hydrogens (tertiary/aromatic N) is 4. The molecule has 0 amide bonds. The monoisotopic (exact) mass is 299 g/mol. The lowest BCUT2D eigenvalue weighted by molar-refractivity contribution is 1.02. The first-order valence-corrected chi connectivity index (χ1v) is 5.18. The van der Waals surface area contributed by atoms with E-state index < -0.39 is 0 Å². The smallest absolute Gasteiger partial charge is 0.179 e. The fourth-order valence-corrected chi connectivity index (χ4v) is 2.21. The Morgan fingerprint density at radius 3 is 3.14 bits per heavy atom. The maximum atomic E-state index is 4.26. The molecule has 3 heterocycles. The zero-order valence-electron chi connectivity index (χ0n) is 7.32. The van der Waals surface area contributed by atoms with Crippen LogP contribution in [-0.2, 0) is 0 Å². The first-order chi connectivity index (χ1) is 6.77. The van der Waals surface area contributed by atoms with Crippen LogP contribution in [0.2, 0.25) is 0 Å². The van der Waals surface area contributed by atoms with Crippen LogP contribution in [0.3, 0.4) is 0 Å². The van der Waals surface area contributed by atoms with Crippen molar-refractivity contribution in [2.24, 2.45) is 0 Å². The lowest BCUT2D eigenvalue weighted by Gasteiger charge is -1.96. The minimum Gasteiger partial charge on any atom is -0.344 e. The number of rotatable bonds is 0. The highest BCUT2D eigenvalue weighted by molar-refractivity contribution is 14.1.